The zero-order valence-electron chi connectivity index (χ0n) is 10.2. The molecule has 1 aromatic carbocycles. The van der Waals surface area contributed by atoms with Crippen LogP contribution in [-0.4, -0.2) is 24.3 Å². The Morgan fingerprint density at radius 2 is 2.17 bits per heavy atom. The van der Waals surface area contributed by atoms with Crippen molar-refractivity contribution in [2.45, 2.75) is 44.1 Å². The number of ether oxygens (including phenoxy) is 2. The number of amides is 1. The third kappa shape index (κ3) is 2.64. The van der Waals surface area contributed by atoms with Gasteiger partial charge in [-0.05, 0) is 24.8 Å². The van der Waals surface area contributed by atoms with Crippen LogP contribution in [0.5, 0.6) is 0 Å². The van der Waals surface area contributed by atoms with E-state index in [9.17, 15) is 4.79 Å². The Morgan fingerprint density at radius 3 is 3.00 bits per heavy atom. The van der Waals surface area contributed by atoms with E-state index >= 15 is 0 Å². The van der Waals surface area contributed by atoms with Crippen LogP contribution < -0.4 is 5.32 Å². The maximum absolute atomic E-state index is 11.7. The van der Waals surface area contributed by atoms with E-state index in [-0.39, 0.29) is 18.2 Å². The summed E-state index contributed by atoms with van der Waals surface area (Å²) in [6.45, 7) is 0.314. The first-order valence-corrected chi connectivity index (χ1v) is 6.45. The minimum Gasteiger partial charge on any atom is -0.445 e. The highest BCUT2D eigenvalue weighted by molar-refractivity contribution is 5.67. The fourth-order valence-electron chi connectivity index (χ4n) is 2.52. The number of hydrogen-bond donors (Lipinski definition) is 1. The molecule has 0 bridgehead atoms. The van der Waals surface area contributed by atoms with Crippen LogP contribution in [0.15, 0.2) is 30.3 Å². The van der Waals surface area contributed by atoms with Crippen molar-refractivity contribution >= 4 is 6.09 Å². The summed E-state index contributed by atoms with van der Waals surface area (Å²) in [5.41, 5.74) is 0.997. The lowest BCUT2D eigenvalue weighted by molar-refractivity contribution is 0.132. The van der Waals surface area contributed by atoms with Crippen molar-refractivity contribution in [3.8, 4) is 0 Å². The van der Waals surface area contributed by atoms with E-state index < -0.39 is 0 Å². The molecule has 0 aromatic heterocycles. The number of epoxide rings is 1. The average Bonchev–Trinajstić information content (AvgIpc) is 3.18. The lowest BCUT2D eigenvalue weighted by atomic mass is 9.96. The van der Waals surface area contributed by atoms with Gasteiger partial charge in [0, 0.05) is 0 Å². The minimum absolute atomic E-state index is 0.132. The van der Waals surface area contributed by atoms with Crippen LogP contribution in [0.1, 0.15) is 24.8 Å². The smallest absolute Gasteiger partial charge is 0.407 e. The molecule has 2 fully saturated rings. The van der Waals surface area contributed by atoms with E-state index in [2.05, 4.69) is 5.32 Å². The summed E-state index contributed by atoms with van der Waals surface area (Å²) in [6.07, 6.45) is 3.48. The van der Waals surface area contributed by atoms with E-state index in [1.165, 1.54) is 0 Å². The van der Waals surface area contributed by atoms with Crippen LogP contribution in [0.2, 0.25) is 0 Å². The summed E-state index contributed by atoms with van der Waals surface area (Å²) in [5, 5.41) is 2.89. The molecular formula is C14H17NO3. The molecule has 96 valence electrons. The van der Waals surface area contributed by atoms with E-state index in [4.69, 9.17) is 9.47 Å². The highest BCUT2D eigenvalue weighted by Crippen LogP contribution is 2.36. The first kappa shape index (κ1) is 11.5. The summed E-state index contributed by atoms with van der Waals surface area (Å²) in [7, 11) is 0. The second-order valence-electron chi connectivity index (χ2n) is 4.88. The molecular weight excluding hydrogens is 230 g/mol. The predicted octanol–water partition coefficient (Wildman–Crippen LogP) is 2.23. The largest absolute Gasteiger partial charge is 0.445 e. The normalized spacial score (nSPS) is 29.2. The van der Waals surface area contributed by atoms with Gasteiger partial charge in [-0.15, -0.1) is 0 Å². The van der Waals surface area contributed by atoms with Crippen LogP contribution >= 0.6 is 0 Å². The van der Waals surface area contributed by atoms with Gasteiger partial charge < -0.3 is 14.8 Å². The fourth-order valence-corrected chi connectivity index (χ4v) is 2.52. The highest BCUT2D eigenvalue weighted by atomic mass is 16.6. The Bertz CT molecular complexity index is 420. The van der Waals surface area contributed by atoms with E-state index in [0.717, 1.165) is 24.8 Å². The van der Waals surface area contributed by atoms with Gasteiger partial charge in [0.25, 0.3) is 0 Å². The topological polar surface area (TPSA) is 50.9 Å². The number of nitrogens with one attached hydrogen (secondary N) is 1. The number of benzene rings is 1. The van der Waals surface area contributed by atoms with Crippen molar-refractivity contribution in [2.24, 2.45) is 0 Å². The molecule has 2 aliphatic rings. The zero-order chi connectivity index (χ0) is 12.4. The van der Waals surface area contributed by atoms with Crippen molar-refractivity contribution in [1.29, 1.82) is 0 Å². The highest BCUT2D eigenvalue weighted by Gasteiger charge is 2.47. The molecule has 3 atom stereocenters. The van der Waals surface area contributed by atoms with Gasteiger partial charge >= 0.3 is 6.09 Å². The van der Waals surface area contributed by atoms with Crippen LogP contribution in [-0.2, 0) is 16.1 Å². The Hall–Kier alpha value is -1.55. The molecule has 1 amide bonds. The predicted molar refractivity (Wildman–Crippen MR) is 66.1 cm³/mol. The Kier molecular flexibility index (Phi) is 3.19. The molecule has 4 nitrogen and oxygen atoms in total. The molecule has 1 aliphatic heterocycles. The molecule has 4 heteroatoms. The molecule has 1 saturated heterocycles. The van der Waals surface area contributed by atoms with Crippen LogP contribution in [0.4, 0.5) is 4.79 Å². The second-order valence-corrected chi connectivity index (χ2v) is 4.88. The molecule has 1 N–H and O–H groups in total. The van der Waals surface area contributed by atoms with Gasteiger partial charge in [0.2, 0.25) is 0 Å². The van der Waals surface area contributed by atoms with Crippen LogP contribution in [0.3, 0.4) is 0 Å². The molecule has 1 saturated carbocycles. The van der Waals surface area contributed by atoms with Crippen molar-refractivity contribution in [3.05, 3.63) is 35.9 Å². The SMILES string of the molecule is O=C(N[C@@H]1CCC[C@@H]2O[C@@H]21)OCc1ccccc1. The quantitative estimate of drug-likeness (QED) is 0.833. The van der Waals surface area contributed by atoms with Gasteiger partial charge in [0.1, 0.15) is 12.7 Å². The second kappa shape index (κ2) is 4.98. The number of alkyl carbamates (subject to hydrolysis) is 1. The van der Waals surface area contributed by atoms with Gasteiger partial charge in [-0.1, -0.05) is 30.3 Å². The average molecular weight is 247 g/mol. The molecule has 1 heterocycles. The van der Waals surface area contributed by atoms with Crippen molar-refractivity contribution in [3.63, 3.8) is 0 Å². The Morgan fingerprint density at radius 1 is 1.33 bits per heavy atom. The Balaban J connectivity index is 1.44. The number of carbonyl (C=O) groups excluding carboxylic acids is 1. The maximum atomic E-state index is 11.7. The number of fused-ring (bicyclic) bond motifs is 1. The molecule has 1 aromatic rings. The molecule has 0 spiro atoms. The van der Waals surface area contributed by atoms with Crippen molar-refractivity contribution in [1.82, 2.24) is 5.32 Å². The van der Waals surface area contributed by atoms with Gasteiger partial charge in [-0.3, -0.25) is 0 Å². The third-order valence-corrected chi connectivity index (χ3v) is 3.54. The molecule has 1 aliphatic carbocycles. The lowest BCUT2D eigenvalue weighted by Gasteiger charge is -2.19. The molecule has 18 heavy (non-hydrogen) atoms. The first-order chi connectivity index (χ1) is 8.83. The van der Waals surface area contributed by atoms with Gasteiger partial charge in [-0.2, -0.15) is 0 Å². The standard InChI is InChI=1S/C14H17NO3/c16-14(17-9-10-5-2-1-3-6-10)15-11-7-4-8-12-13(11)18-12/h1-3,5-6,11-13H,4,7-9H2,(H,15,16)/t11-,12+,13-/m1/s1. The van der Waals surface area contributed by atoms with E-state index in [1.807, 2.05) is 30.3 Å². The molecule has 0 radical (unpaired) electrons. The van der Waals surface area contributed by atoms with Gasteiger partial charge in [-0.25, -0.2) is 4.79 Å². The van der Waals surface area contributed by atoms with Crippen LogP contribution in [0, 0.1) is 0 Å². The number of rotatable bonds is 3. The Labute approximate surface area is 106 Å². The summed E-state index contributed by atoms with van der Waals surface area (Å²) in [5.74, 6) is 0. The van der Waals surface area contributed by atoms with Crippen molar-refractivity contribution < 1.29 is 14.3 Å². The maximum Gasteiger partial charge on any atom is 0.407 e. The molecule has 0 unspecified atom stereocenters. The summed E-state index contributed by atoms with van der Waals surface area (Å²) in [4.78, 5) is 11.7. The van der Waals surface area contributed by atoms with Gasteiger partial charge in [0.15, 0.2) is 0 Å². The summed E-state index contributed by atoms with van der Waals surface area (Å²) >= 11 is 0. The summed E-state index contributed by atoms with van der Waals surface area (Å²) in [6, 6.07) is 9.81. The first-order valence-electron chi connectivity index (χ1n) is 6.45. The molecule has 3 rings (SSSR count). The zero-order valence-corrected chi connectivity index (χ0v) is 10.2. The van der Waals surface area contributed by atoms with E-state index in [1.54, 1.807) is 0 Å². The number of carbonyl (C=O) groups is 1. The monoisotopic (exact) mass is 247 g/mol. The van der Waals surface area contributed by atoms with Crippen LogP contribution in [0.25, 0.3) is 0 Å². The fraction of sp³-hybridized carbons (Fsp3) is 0.500. The van der Waals surface area contributed by atoms with Gasteiger partial charge in [0.05, 0.1) is 12.1 Å². The van der Waals surface area contributed by atoms with Crippen molar-refractivity contribution in [2.75, 3.05) is 0 Å². The van der Waals surface area contributed by atoms with E-state index in [0.29, 0.717) is 12.7 Å². The summed E-state index contributed by atoms with van der Waals surface area (Å²) < 4.78 is 10.7. The third-order valence-electron chi connectivity index (χ3n) is 3.54. The minimum atomic E-state index is -0.347. The lowest BCUT2D eigenvalue weighted by Crippen LogP contribution is -2.41. The number of hydrogen-bond acceptors (Lipinski definition) is 3.